The zero-order valence-corrected chi connectivity index (χ0v) is 15.7. The fourth-order valence-corrected chi connectivity index (χ4v) is 3.48. The van der Waals surface area contributed by atoms with Crippen molar-refractivity contribution >= 4 is 28.7 Å². The van der Waals surface area contributed by atoms with Gasteiger partial charge < -0.3 is 9.87 Å². The molecule has 0 unspecified atom stereocenters. The van der Waals surface area contributed by atoms with Crippen molar-refractivity contribution in [1.29, 1.82) is 0 Å². The van der Waals surface area contributed by atoms with Gasteiger partial charge >= 0.3 is 0 Å². The molecule has 0 aliphatic heterocycles. The molecule has 1 amide bonds. The summed E-state index contributed by atoms with van der Waals surface area (Å²) in [5, 5.41) is 2.95. The van der Waals surface area contributed by atoms with E-state index in [1.54, 1.807) is 24.5 Å². The summed E-state index contributed by atoms with van der Waals surface area (Å²) in [5.41, 5.74) is 1.74. The third kappa shape index (κ3) is 5.31. The molecule has 1 heterocycles. The zero-order chi connectivity index (χ0) is 17.7. The van der Waals surface area contributed by atoms with Gasteiger partial charge in [0.25, 0.3) is 0 Å². The van der Waals surface area contributed by atoms with Gasteiger partial charge in [-0.25, -0.2) is 0 Å². The van der Waals surface area contributed by atoms with Gasteiger partial charge in [-0.15, -0.1) is 0 Å². The quantitative estimate of drug-likeness (QED) is 0.664. The number of amides is 1. The van der Waals surface area contributed by atoms with Crippen molar-refractivity contribution < 1.29 is 9.35 Å². The van der Waals surface area contributed by atoms with E-state index in [0.717, 1.165) is 37.1 Å². The maximum Gasteiger partial charge on any atom is 0.227 e. The molecule has 0 bridgehead atoms. The van der Waals surface area contributed by atoms with Crippen LogP contribution >= 0.6 is 0 Å². The number of nitrogens with zero attached hydrogens (tertiary/aromatic N) is 2. The van der Waals surface area contributed by atoms with Gasteiger partial charge in [0.2, 0.25) is 5.91 Å². The maximum absolute atomic E-state index is 12.3. The van der Waals surface area contributed by atoms with E-state index in [9.17, 15) is 9.35 Å². The Balaban J connectivity index is 1.87. The van der Waals surface area contributed by atoms with Crippen LogP contribution in [0.4, 0.5) is 5.69 Å². The van der Waals surface area contributed by atoms with Crippen LogP contribution in [0.2, 0.25) is 0 Å². The number of nitrogens with one attached hydrogen (secondary N) is 1. The molecule has 0 radical (unpaired) electrons. The molecule has 24 heavy (non-hydrogen) atoms. The topological polar surface area (TPSA) is 77.4 Å². The highest BCUT2D eigenvalue weighted by Gasteiger charge is 2.31. The SMILES string of the molecule is CC(=N[S@+]([O-])C(C)(C)C)[C@H]1CC[C@H](C(=O)Nc2ccncc2)CC1. The van der Waals surface area contributed by atoms with E-state index < -0.39 is 11.4 Å². The van der Waals surface area contributed by atoms with Crippen molar-refractivity contribution in [2.45, 2.75) is 58.1 Å². The lowest BCUT2D eigenvalue weighted by Gasteiger charge is -2.28. The highest BCUT2D eigenvalue weighted by Crippen LogP contribution is 2.31. The molecule has 0 saturated heterocycles. The lowest BCUT2D eigenvalue weighted by atomic mass is 9.79. The van der Waals surface area contributed by atoms with E-state index in [1.807, 2.05) is 27.7 Å². The summed E-state index contributed by atoms with van der Waals surface area (Å²) in [7, 11) is 0. The number of hydrogen-bond donors (Lipinski definition) is 1. The van der Waals surface area contributed by atoms with Crippen LogP contribution < -0.4 is 5.32 Å². The minimum atomic E-state index is -1.21. The van der Waals surface area contributed by atoms with Crippen LogP contribution in [0.15, 0.2) is 28.9 Å². The van der Waals surface area contributed by atoms with Crippen molar-refractivity contribution in [2.24, 2.45) is 16.2 Å². The van der Waals surface area contributed by atoms with Crippen LogP contribution in [0, 0.1) is 11.8 Å². The van der Waals surface area contributed by atoms with E-state index >= 15 is 0 Å². The van der Waals surface area contributed by atoms with Crippen molar-refractivity contribution in [3.63, 3.8) is 0 Å². The number of aromatic nitrogens is 1. The molecule has 1 aliphatic rings. The summed E-state index contributed by atoms with van der Waals surface area (Å²) in [5.74, 6) is 0.448. The van der Waals surface area contributed by atoms with E-state index in [1.165, 1.54) is 0 Å². The molecule has 6 heteroatoms. The first-order chi connectivity index (χ1) is 11.3. The molecular formula is C18H27N3O2S. The van der Waals surface area contributed by atoms with Gasteiger partial charge in [0.05, 0.1) is 5.71 Å². The fraction of sp³-hybridized carbons (Fsp3) is 0.611. The second-order valence-electron chi connectivity index (χ2n) is 7.37. The molecule has 1 saturated carbocycles. The highest BCUT2D eigenvalue weighted by atomic mass is 32.2. The van der Waals surface area contributed by atoms with Crippen LogP contribution in [0.1, 0.15) is 53.4 Å². The number of carbonyl (C=O) groups excluding carboxylic acids is 1. The first-order valence-electron chi connectivity index (χ1n) is 8.45. The van der Waals surface area contributed by atoms with E-state index in [2.05, 4.69) is 14.7 Å². The Kier molecular flexibility index (Phi) is 6.40. The number of pyridine rings is 1. The summed E-state index contributed by atoms with van der Waals surface area (Å²) >= 11 is -1.21. The second-order valence-corrected chi connectivity index (χ2v) is 9.27. The predicted octanol–water partition coefficient (Wildman–Crippen LogP) is 3.75. The molecular weight excluding hydrogens is 322 g/mol. The van der Waals surface area contributed by atoms with Gasteiger partial charge in [0.15, 0.2) is 0 Å². The van der Waals surface area contributed by atoms with Gasteiger partial charge in [0.1, 0.15) is 16.1 Å². The number of hydrogen-bond acceptors (Lipinski definition) is 4. The molecule has 1 aromatic heterocycles. The average molecular weight is 350 g/mol. The monoisotopic (exact) mass is 349 g/mol. The molecule has 132 valence electrons. The number of anilines is 1. The Morgan fingerprint density at radius 2 is 1.75 bits per heavy atom. The zero-order valence-electron chi connectivity index (χ0n) is 14.9. The summed E-state index contributed by atoms with van der Waals surface area (Å²) in [4.78, 5) is 16.3. The molecule has 2 rings (SSSR count). The summed E-state index contributed by atoms with van der Waals surface area (Å²) < 4.78 is 16.2. The molecule has 0 aromatic carbocycles. The highest BCUT2D eigenvalue weighted by molar-refractivity contribution is 7.91. The minimum absolute atomic E-state index is 0.0373. The Bertz CT molecular complexity index is 576. The Morgan fingerprint density at radius 1 is 1.21 bits per heavy atom. The largest absolute Gasteiger partial charge is 0.591 e. The number of rotatable bonds is 4. The van der Waals surface area contributed by atoms with Crippen LogP contribution in [0.5, 0.6) is 0 Å². The van der Waals surface area contributed by atoms with E-state index in [-0.39, 0.29) is 16.6 Å². The molecule has 1 fully saturated rings. The maximum atomic E-state index is 12.3. The van der Waals surface area contributed by atoms with Gasteiger partial charge in [0, 0.05) is 29.9 Å². The van der Waals surface area contributed by atoms with Gasteiger partial charge in [-0.2, -0.15) is 0 Å². The minimum Gasteiger partial charge on any atom is -0.591 e. The summed E-state index contributed by atoms with van der Waals surface area (Å²) in [6.45, 7) is 7.76. The number of carbonyl (C=O) groups is 1. The normalized spacial score (nSPS) is 23.6. The average Bonchev–Trinajstić information content (AvgIpc) is 2.55. The molecule has 5 nitrogen and oxygen atoms in total. The van der Waals surface area contributed by atoms with Crippen molar-refractivity contribution in [2.75, 3.05) is 5.32 Å². The molecule has 1 N–H and O–H groups in total. The van der Waals surface area contributed by atoms with Crippen LogP contribution in [-0.4, -0.2) is 25.9 Å². The van der Waals surface area contributed by atoms with Crippen molar-refractivity contribution in [3.05, 3.63) is 24.5 Å². The fourth-order valence-electron chi connectivity index (χ4n) is 2.80. The summed E-state index contributed by atoms with van der Waals surface area (Å²) in [6, 6.07) is 3.59. The third-order valence-corrected chi connectivity index (χ3v) is 5.89. The van der Waals surface area contributed by atoms with Gasteiger partial charge in [-0.1, -0.05) is 4.40 Å². The van der Waals surface area contributed by atoms with E-state index in [4.69, 9.17) is 0 Å². The van der Waals surface area contributed by atoms with Crippen LogP contribution in [0.3, 0.4) is 0 Å². The molecule has 1 aromatic rings. The molecule has 1 aliphatic carbocycles. The Labute approximate surface area is 147 Å². The smallest absolute Gasteiger partial charge is 0.227 e. The standard InChI is InChI=1S/C18H27N3O2S/c1-13(21-24(23)18(2,3)4)14-5-7-15(8-6-14)17(22)20-16-9-11-19-12-10-16/h9-12,14-15H,5-8H2,1-4H3,(H,19,20,22)/t14-,15-,24-/m1/s1. The first kappa shape index (κ1) is 18.9. The van der Waals surface area contributed by atoms with Crippen LogP contribution in [0.25, 0.3) is 0 Å². The Morgan fingerprint density at radius 3 is 2.29 bits per heavy atom. The predicted molar refractivity (Wildman–Crippen MR) is 99.3 cm³/mol. The van der Waals surface area contributed by atoms with E-state index in [0.29, 0.717) is 5.92 Å². The summed E-state index contributed by atoms with van der Waals surface area (Å²) in [6.07, 6.45) is 6.87. The van der Waals surface area contributed by atoms with Gasteiger partial charge in [-0.05, 0) is 65.5 Å². The lowest BCUT2D eigenvalue weighted by Crippen LogP contribution is -2.31. The second kappa shape index (κ2) is 8.12. The third-order valence-electron chi connectivity index (χ3n) is 4.39. The molecule has 1 atom stereocenters. The first-order valence-corrected chi connectivity index (χ1v) is 9.56. The molecule has 0 spiro atoms. The lowest BCUT2D eigenvalue weighted by molar-refractivity contribution is -0.120. The van der Waals surface area contributed by atoms with Crippen LogP contribution in [-0.2, 0) is 16.2 Å². The van der Waals surface area contributed by atoms with Crippen molar-refractivity contribution in [1.82, 2.24) is 4.98 Å². The van der Waals surface area contributed by atoms with Gasteiger partial charge in [-0.3, -0.25) is 9.78 Å². The van der Waals surface area contributed by atoms with Crippen molar-refractivity contribution in [3.8, 4) is 0 Å². The Hall–Kier alpha value is -1.40.